The number of ether oxygens (including phenoxy) is 1. The fourth-order valence-electron chi connectivity index (χ4n) is 2.96. The van der Waals surface area contributed by atoms with Gasteiger partial charge in [0.2, 0.25) is 5.91 Å². The van der Waals surface area contributed by atoms with E-state index in [-0.39, 0.29) is 13.0 Å². The highest BCUT2D eigenvalue weighted by Gasteiger charge is 2.19. The molecular formula is C24H21FN2O4. The predicted octanol–water partition coefficient (Wildman–Crippen LogP) is 3.56. The average Bonchev–Trinajstić information content (AvgIpc) is 2.79. The number of halogens is 1. The van der Waals surface area contributed by atoms with Crippen molar-refractivity contribution in [2.75, 3.05) is 18.1 Å². The molecule has 0 bridgehead atoms. The second-order valence-electron chi connectivity index (χ2n) is 6.76. The van der Waals surface area contributed by atoms with Crippen LogP contribution in [0.15, 0.2) is 78.9 Å². The predicted molar refractivity (Wildman–Crippen MR) is 115 cm³/mol. The van der Waals surface area contributed by atoms with E-state index in [1.807, 2.05) is 30.3 Å². The number of esters is 1. The molecule has 0 fully saturated rings. The van der Waals surface area contributed by atoms with Crippen molar-refractivity contribution in [1.82, 2.24) is 0 Å². The van der Waals surface area contributed by atoms with Gasteiger partial charge in [-0.25, -0.2) is 9.18 Å². The van der Waals surface area contributed by atoms with E-state index >= 15 is 0 Å². The Hall–Kier alpha value is -4.00. The summed E-state index contributed by atoms with van der Waals surface area (Å²) in [6.07, 6.45) is -0.0853. The number of anilines is 1. The highest BCUT2D eigenvalue weighted by molar-refractivity contribution is 5.97. The highest BCUT2D eigenvalue weighted by atomic mass is 19.1. The normalized spacial score (nSPS) is 10.4. The van der Waals surface area contributed by atoms with E-state index in [1.165, 1.54) is 29.2 Å². The fourth-order valence-corrected chi connectivity index (χ4v) is 2.96. The van der Waals surface area contributed by atoms with Crippen LogP contribution in [0.5, 0.6) is 0 Å². The van der Waals surface area contributed by atoms with Gasteiger partial charge in [0.1, 0.15) is 5.82 Å². The van der Waals surface area contributed by atoms with Crippen LogP contribution in [0.2, 0.25) is 0 Å². The number of rotatable bonds is 8. The number of carbonyl (C=O) groups is 3. The third-order valence-electron chi connectivity index (χ3n) is 4.58. The summed E-state index contributed by atoms with van der Waals surface area (Å²) in [6, 6.07) is 21.7. The third-order valence-corrected chi connectivity index (χ3v) is 4.58. The smallest absolute Gasteiger partial charge is 0.338 e. The van der Waals surface area contributed by atoms with Crippen molar-refractivity contribution >= 4 is 23.5 Å². The molecule has 0 atom stereocenters. The number of hydrogen-bond donors (Lipinski definition) is 1. The van der Waals surface area contributed by atoms with Crippen molar-refractivity contribution in [3.8, 4) is 11.1 Å². The fraction of sp³-hybridized carbons (Fsp3) is 0.125. The van der Waals surface area contributed by atoms with Crippen LogP contribution >= 0.6 is 0 Å². The number of amides is 2. The van der Waals surface area contributed by atoms with Gasteiger partial charge in [-0.15, -0.1) is 0 Å². The molecule has 0 saturated heterocycles. The summed E-state index contributed by atoms with van der Waals surface area (Å²) < 4.78 is 18.3. The lowest BCUT2D eigenvalue weighted by molar-refractivity contribution is -0.121. The molecule has 0 saturated carbocycles. The summed E-state index contributed by atoms with van der Waals surface area (Å²) in [5.41, 5.74) is 7.81. The molecule has 0 unspecified atom stereocenters. The Bertz CT molecular complexity index is 1050. The monoisotopic (exact) mass is 420 g/mol. The molecule has 0 radical (unpaired) electrons. The molecule has 31 heavy (non-hydrogen) atoms. The minimum Gasteiger partial charge on any atom is -0.452 e. The minimum absolute atomic E-state index is 0.0108. The first-order valence-electron chi connectivity index (χ1n) is 9.61. The van der Waals surface area contributed by atoms with Crippen molar-refractivity contribution in [3.05, 3.63) is 90.2 Å². The van der Waals surface area contributed by atoms with Crippen LogP contribution in [-0.2, 0) is 14.3 Å². The van der Waals surface area contributed by atoms with Crippen LogP contribution in [-0.4, -0.2) is 30.9 Å². The van der Waals surface area contributed by atoms with Gasteiger partial charge >= 0.3 is 5.97 Å². The van der Waals surface area contributed by atoms with Gasteiger partial charge in [-0.1, -0.05) is 42.5 Å². The van der Waals surface area contributed by atoms with E-state index in [9.17, 15) is 18.8 Å². The Balaban J connectivity index is 1.64. The molecule has 3 rings (SSSR count). The Morgan fingerprint density at radius 3 is 2.06 bits per heavy atom. The molecule has 158 valence electrons. The maximum atomic E-state index is 13.2. The zero-order valence-electron chi connectivity index (χ0n) is 16.7. The molecule has 0 heterocycles. The molecule has 7 heteroatoms. The van der Waals surface area contributed by atoms with Crippen LogP contribution in [0.3, 0.4) is 0 Å². The molecule has 0 spiro atoms. The van der Waals surface area contributed by atoms with Crippen LogP contribution in [0.25, 0.3) is 11.1 Å². The number of carbonyl (C=O) groups excluding carboxylic acids is 3. The van der Waals surface area contributed by atoms with Crippen molar-refractivity contribution in [2.45, 2.75) is 6.42 Å². The van der Waals surface area contributed by atoms with E-state index in [0.717, 1.165) is 11.1 Å². The maximum Gasteiger partial charge on any atom is 0.338 e. The second-order valence-corrected chi connectivity index (χ2v) is 6.76. The molecule has 3 aromatic carbocycles. The van der Waals surface area contributed by atoms with Crippen molar-refractivity contribution in [1.29, 1.82) is 0 Å². The molecule has 6 nitrogen and oxygen atoms in total. The quantitative estimate of drug-likeness (QED) is 0.564. The molecule has 2 amide bonds. The number of nitrogens with zero attached hydrogens (tertiary/aromatic N) is 1. The van der Waals surface area contributed by atoms with Gasteiger partial charge in [-0.3, -0.25) is 9.59 Å². The van der Waals surface area contributed by atoms with Crippen LogP contribution in [0, 0.1) is 5.82 Å². The topological polar surface area (TPSA) is 89.7 Å². The number of benzene rings is 3. The molecule has 0 aliphatic heterocycles. The van der Waals surface area contributed by atoms with Crippen LogP contribution < -0.4 is 10.6 Å². The van der Waals surface area contributed by atoms with Crippen molar-refractivity contribution in [2.24, 2.45) is 5.73 Å². The van der Waals surface area contributed by atoms with Gasteiger partial charge in [-0.2, -0.15) is 0 Å². The lowest BCUT2D eigenvalue weighted by atomic mass is 10.0. The van der Waals surface area contributed by atoms with Crippen LogP contribution in [0.4, 0.5) is 10.1 Å². The molecule has 2 N–H and O–H groups in total. The number of hydrogen-bond acceptors (Lipinski definition) is 4. The molecule has 0 aliphatic carbocycles. The van der Waals surface area contributed by atoms with Gasteiger partial charge in [0.05, 0.1) is 5.56 Å². The Kier molecular flexibility index (Phi) is 7.11. The summed E-state index contributed by atoms with van der Waals surface area (Å²) in [6.45, 7) is -0.543. The minimum atomic E-state index is -0.651. The summed E-state index contributed by atoms with van der Waals surface area (Å²) >= 11 is 0. The summed E-state index contributed by atoms with van der Waals surface area (Å²) in [4.78, 5) is 37.3. The van der Waals surface area contributed by atoms with Gasteiger partial charge in [-0.05, 0) is 47.5 Å². The molecule has 3 aromatic rings. The number of primary amides is 1. The largest absolute Gasteiger partial charge is 0.452 e. The maximum absolute atomic E-state index is 13.2. The van der Waals surface area contributed by atoms with Crippen LogP contribution in [0.1, 0.15) is 16.8 Å². The van der Waals surface area contributed by atoms with E-state index in [4.69, 9.17) is 10.5 Å². The van der Waals surface area contributed by atoms with Crippen molar-refractivity contribution in [3.63, 3.8) is 0 Å². The van der Waals surface area contributed by atoms with E-state index in [2.05, 4.69) is 0 Å². The number of nitrogens with two attached hydrogens (primary N) is 1. The highest BCUT2D eigenvalue weighted by Crippen LogP contribution is 2.20. The third kappa shape index (κ3) is 5.99. The van der Waals surface area contributed by atoms with E-state index in [1.54, 1.807) is 24.3 Å². The van der Waals surface area contributed by atoms with E-state index < -0.39 is 30.2 Å². The molecular weight excluding hydrogens is 399 g/mol. The van der Waals surface area contributed by atoms with Gasteiger partial charge in [0, 0.05) is 18.7 Å². The first kappa shape index (κ1) is 21.7. The second kappa shape index (κ2) is 10.2. The van der Waals surface area contributed by atoms with Gasteiger partial charge in [0.25, 0.3) is 5.91 Å². The standard InChI is InChI=1S/C24H21FN2O4/c25-20-10-12-21(13-11-20)27(15-14-22(26)28)23(29)16-31-24(30)19-8-6-18(7-9-19)17-4-2-1-3-5-17/h1-13H,14-16H2,(H2,26,28). The lowest BCUT2D eigenvalue weighted by Gasteiger charge is -2.22. The first-order valence-corrected chi connectivity index (χ1v) is 9.61. The van der Waals surface area contributed by atoms with E-state index in [0.29, 0.717) is 11.3 Å². The zero-order valence-corrected chi connectivity index (χ0v) is 16.7. The summed E-state index contributed by atoms with van der Waals surface area (Å²) in [5, 5.41) is 0. The van der Waals surface area contributed by atoms with Gasteiger partial charge < -0.3 is 15.4 Å². The first-order chi connectivity index (χ1) is 14.9. The van der Waals surface area contributed by atoms with Gasteiger partial charge in [0.15, 0.2) is 6.61 Å². The molecule has 0 aliphatic rings. The molecule has 0 aromatic heterocycles. The van der Waals surface area contributed by atoms with Crippen molar-refractivity contribution < 1.29 is 23.5 Å². The summed E-state index contributed by atoms with van der Waals surface area (Å²) in [5.74, 6) is -2.25. The Labute approximate surface area is 179 Å². The Morgan fingerprint density at radius 2 is 1.45 bits per heavy atom. The zero-order chi connectivity index (χ0) is 22.2. The SMILES string of the molecule is NC(=O)CCN(C(=O)COC(=O)c1ccc(-c2ccccc2)cc1)c1ccc(F)cc1. The lowest BCUT2D eigenvalue weighted by Crippen LogP contribution is -2.37. The average molecular weight is 420 g/mol. The summed E-state index contributed by atoms with van der Waals surface area (Å²) in [7, 11) is 0. The Morgan fingerprint density at radius 1 is 0.839 bits per heavy atom.